The third-order valence-corrected chi connectivity index (χ3v) is 4.31. The summed E-state index contributed by atoms with van der Waals surface area (Å²) in [6, 6.07) is 5.85. The zero-order chi connectivity index (χ0) is 15.4. The van der Waals surface area contributed by atoms with Crippen LogP contribution in [-0.2, 0) is 9.59 Å². The summed E-state index contributed by atoms with van der Waals surface area (Å²) in [5.74, 6) is -1.05. The molecule has 1 heterocycles. The molecule has 1 amide bonds. The molecule has 1 aliphatic rings. The van der Waals surface area contributed by atoms with Crippen LogP contribution in [0.3, 0.4) is 0 Å². The van der Waals surface area contributed by atoms with Crippen molar-refractivity contribution in [2.45, 2.75) is 19.8 Å². The largest absolute Gasteiger partial charge is 0.481 e. The fourth-order valence-electron chi connectivity index (χ4n) is 2.48. The number of carboxylic acid groups (broad SMARTS) is 1. The second-order valence-corrected chi connectivity index (χ2v) is 6.22. The SMILES string of the molecule is Cc1cc(Br)ccc1NCC(=O)N1CCC(C(=O)O)CC1. The Hall–Kier alpha value is -1.56. The average molecular weight is 355 g/mol. The molecular formula is C15H19BrN2O3. The molecule has 114 valence electrons. The quantitative estimate of drug-likeness (QED) is 0.871. The van der Waals surface area contributed by atoms with Crippen molar-refractivity contribution in [3.05, 3.63) is 28.2 Å². The van der Waals surface area contributed by atoms with Crippen LogP contribution >= 0.6 is 15.9 Å². The van der Waals surface area contributed by atoms with Crippen LogP contribution in [0.1, 0.15) is 18.4 Å². The Morgan fingerprint density at radius 2 is 2.05 bits per heavy atom. The number of nitrogens with one attached hydrogen (secondary N) is 1. The maximum absolute atomic E-state index is 12.1. The van der Waals surface area contributed by atoms with Crippen LogP contribution in [0.2, 0.25) is 0 Å². The minimum Gasteiger partial charge on any atom is -0.481 e. The Bertz CT molecular complexity index is 540. The van der Waals surface area contributed by atoms with Gasteiger partial charge in [0.15, 0.2) is 0 Å². The summed E-state index contributed by atoms with van der Waals surface area (Å²) in [6.07, 6.45) is 1.08. The van der Waals surface area contributed by atoms with Crippen molar-refractivity contribution in [3.63, 3.8) is 0 Å². The first-order valence-electron chi connectivity index (χ1n) is 6.98. The van der Waals surface area contributed by atoms with Gasteiger partial charge >= 0.3 is 5.97 Å². The Morgan fingerprint density at radius 1 is 1.38 bits per heavy atom. The van der Waals surface area contributed by atoms with Gasteiger partial charge in [0, 0.05) is 23.2 Å². The van der Waals surface area contributed by atoms with E-state index in [0.717, 1.165) is 15.7 Å². The van der Waals surface area contributed by atoms with E-state index in [-0.39, 0.29) is 18.4 Å². The van der Waals surface area contributed by atoms with Crippen LogP contribution in [0, 0.1) is 12.8 Å². The highest BCUT2D eigenvalue weighted by atomic mass is 79.9. The summed E-state index contributed by atoms with van der Waals surface area (Å²) < 4.78 is 1.01. The van der Waals surface area contributed by atoms with Crippen LogP contribution in [0.5, 0.6) is 0 Å². The Morgan fingerprint density at radius 3 is 2.62 bits per heavy atom. The molecule has 1 aliphatic heterocycles. The lowest BCUT2D eigenvalue weighted by molar-refractivity contribution is -0.145. The molecule has 0 unspecified atom stereocenters. The monoisotopic (exact) mass is 354 g/mol. The number of carbonyl (C=O) groups excluding carboxylic acids is 1. The molecule has 0 saturated carbocycles. The third kappa shape index (κ3) is 4.20. The number of benzene rings is 1. The molecule has 0 aromatic heterocycles. The van der Waals surface area contributed by atoms with Gasteiger partial charge in [-0.25, -0.2) is 0 Å². The molecule has 2 N–H and O–H groups in total. The number of piperidine rings is 1. The maximum atomic E-state index is 12.1. The van der Waals surface area contributed by atoms with Gasteiger partial charge in [-0.05, 0) is 43.5 Å². The normalized spacial score (nSPS) is 15.8. The van der Waals surface area contributed by atoms with Crippen molar-refractivity contribution in [2.24, 2.45) is 5.92 Å². The number of likely N-dealkylation sites (tertiary alicyclic amines) is 1. The Balaban J connectivity index is 1.84. The van der Waals surface area contributed by atoms with Gasteiger partial charge in [0.05, 0.1) is 12.5 Å². The lowest BCUT2D eigenvalue weighted by Gasteiger charge is -2.30. The summed E-state index contributed by atoms with van der Waals surface area (Å²) in [4.78, 5) is 24.8. The number of nitrogens with zero attached hydrogens (tertiary/aromatic N) is 1. The van der Waals surface area contributed by atoms with Crippen molar-refractivity contribution in [3.8, 4) is 0 Å². The number of rotatable bonds is 4. The first-order chi connectivity index (χ1) is 9.97. The molecule has 0 atom stereocenters. The van der Waals surface area contributed by atoms with E-state index in [9.17, 15) is 9.59 Å². The Labute approximate surface area is 132 Å². The lowest BCUT2D eigenvalue weighted by atomic mass is 9.97. The number of carboxylic acids is 1. The van der Waals surface area contributed by atoms with Crippen molar-refractivity contribution in [1.82, 2.24) is 4.90 Å². The Kier molecular flexibility index (Phi) is 5.22. The number of halogens is 1. The minimum absolute atomic E-state index is 0.0150. The van der Waals surface area contributed by atoms with E-state index in [1.807, 2.05) is 25.1 Å². The topological polar surface area (TPSA) is 69.6 Å². The van der Waals surface area contributed by atoms with Crippen molar-refractivity contribution in [1.29, 1.82) is 0 Å². The van der Waals surface area contributed by atoms with Gasteiger partial charge in [-0.3, -0.25) is 9.59 Å². The van der Waals surface area contributed by atoms with E-state index >= 15 is 0 Å². The highest BCUT2D eigenvalue weighted by Crippen LogP contribution is 2.20. The molecule has 21 heavy (non-hydrogen) atoms. The van der Waals surface area contributed by atoms with E-state index in [2.05, 4.69) is 21.2 Å². The summed E-state index contributed by atoms with van der Waals surface area (Å²) >= 11 is 3.41. The molecule has 1 aromatic rings. The van der Waals surface area contributed by atoms with Crippen LogP contribution < -0.4 is 5.32 Å². The van der Waals surface area contributed by atoms with Gasteiger partial charge in [0.25, 0.3) is 0 Å². The van der Waals surface area contributed by atoms with Crippen LogP contribution in [0.4, 0.5) is 5.69 Å². The molecule has 0 spiro atoms. The van der Waals surface area contributed by atoms with E-state index < -0.39 is 5.97 Å². The summed E-state index contributed by atoms with van der Waals surface area (Å²) in [5, 5.41) is 12.1. The molecule has 1 fully saturated rings. The second-order valence-electron chi connectivity index (χ2n) is 5.31. The third-order valence-electron chi connectivity index (χ3n) is 3.82. The van der Waals surface area contributed by atoms with Crippen molar-refractivity contribution < 1.29 is 14.7 Å². The molecular weight excluding hydrogens is 336 g/mol. The van der Waals surface area contributed by atoms with Crippen molar-refractivity contribution in [2.75, 3.05) is 25.0 Å². The summed E-state index contributed by atoms with van der Waals surface area (Å²) in [6.45, 7) is 3.27. The number of aryl methyl sites for hydroxylation is 1. The first kappa shape index (κ1) is 15.8. The number of anilines is 1. The zero-order valence-electron chi connectivity index (χ0n) is 11.9. The van der Waals surface area contributed by atoms with Gasteiger partial charge in [-0.1, -0.05) is 15.9 Å². The van der Waals surface area contributed by atoms with Crippen LogP contribution in [0.25, 0.3) is 0 Å². The summed E-state index contributed by atoms with van der Waals surface area (Å²) in [7, 11) is 0. The lowest BCUT2D eigenvalue weighted by Crippen LogP contribution is -2.42. The van der Waals surface area contributed by atoms with Gasteiger partial charge < -0.3 is 15.3 Å². The molecule has 6 heteroatoms. The average Bonchev–Trinajstić information content (AvgIpc) is 2.46. The maximum Gasteiger partial charge on any atom is 0.306 e. The van der Waals surface area contributed by atoms with E-state index in [0.29, 0.717) is 25.9 Å². The van der Waals surface area contributed by atoms with E-state index in [4.69, 9.17) is 5.11 Å². The fourth-order valence-corrected chi connectivity index (χ4v) is 2.96. The molecule has 2 rings (SSSR count). The molecule has 0 aliphatic carbocycles. The second kappa shape index (κ2) is 6.93. The predicted molar refractivity (Wildman–Crippen MR) is 84.3 cm³/mol. The molecule has 1 saturated heterocycles. The van der Waals surface area contributed by atoms with Crippen LogP contribution in [0.15, 0.2) is 22.7 Å². The van der Waals surface area contributed by atoms with Gasteiger partial charge in [0.1, 0.15) is 0 Å². The first-order valence-corrected chi connectivity index (χ1v) is 7.77. The highest BCUT2D eigenvalue weighted by molar-refractivity contribution is 9.10. The summed E-state index contributed by atoms with van der Waals surface area (Å²) in [5.41, 5.74) is 2.01. The number of hydrogen-bond donors (Lipinski definition) is 2. The zero-order valence-corrected chi connectivity index (χ0v) is 13.5. The fraction of sp³-hybridized carbons (Fsp3) is 0.467. The van der Waals surface area contributed by atoms with Gasteiger partial charge in [-0.2, -0.15) is 0 Å². The van der Waals surface area contributed by atoms with E-state index in [1.54, 1.807) is 4.90 Å². The molecule has 1 aromatic carbocycles. The molecule has 0 bridgehead atoms. The van der Waals surface area contributed by atoms with Crippen LogP contribution in [-0.4, -0.2) is 41.5 Å². The van der Waals surface area contributed by atoms with Crippen molar-refractivity contribution >= 4 is 33.5 Å². The van der Waals surface area contributed by atoms with Gasteiger partial charge in [-0.15, -0.1) is 0 Å². The minimum atomic E-state index is -0.759. The molecule has 5 nitrogen and oxygen atoms in total. The highest BCUT2D eigenvalue weighted by Gasteiger charge is 2.26. The smallest absolute Gasteiger partial charge is 0.306 e. The number of amides is 1. The van der Waals surface area contributed by atoms with Gasteiger partial charge in [0.2, 0.25) is 5.91 Å². The number of hydrogen-bond acceptors (Lipinski definition) is 3. The standard InChI is InChI=1S/C15H19BrN2O3/c1-10-8-12(16)2-3-13(10)17-9-14(19)18-6-4-11(5-7-18)15(20)21/h2-3,8,11,17H,4-7,9H2,1H3,(H,20,21). The number of aliphatic carboxylic acids is 1. The van der Waals surface area contributed by atoms with E-state index in [1.165, 1.54) is 0 Å². The predicted octanol–water partition coefficient (Wildman–Crippen LogP) is 2.49. The number of carbonyl (C=O) groups is 2. The molecule has 0 radical (unpaired) electrons.